The van der Waals surface area contributed by atoms with Gasteiger partial charge in [-0.25, -0.2) is 9.34 Å². The normalized spacial score (nSPS) is 17.9. The van der Waals surface area contributed by atoms with Crippen LogP contribution in [0.1, 0.15) is 97.8 Å². The van der Waals surface area contributed by atoms with Gasteiger partial charge in [-0.2, -0.15) is 0 Å². The minimum atomic E-state index is -3.14. The number of unbranched alkanes of at least 4 members (excludes halogenated alkanes) is 1. The Bertz CT molecular complexity index is 1800. The van der Waals surface area contributed by atoms with Crippen LogP contribution >= 0.6 is 7.44 Å². The third-order valence-corrected chi connectivity index (χ3v) is 16.0. The summed E-state index contributed by atoms with van der Waals surface area (Å²) < 4.78 is 43.2. The van der Waals surface area contributed by atoms with Gasteiger partial charge in [-0.05, 0) is 91.3 Å². The van der Waals surface area contributed by atoms with Gasteiger partial charge < -0.3 is 29.5 Å². The molecule has 1 saturated heterocycles. The molecule has 4 aromatic rings. The lowest BCUT2D eigenvalue weighted by molar-refractivity contribution is 0.0579. The lowest BCUT2D eigenvalue weighted by Crippen LogP contribution is -2.50. The van der Waals surface area contributed by atoms with Gasteiger partial charge in [0.05, 0.1) is 39.6 Å². The topological polar surface area (TPSA) is 84.5 Å². The predicted octanol–water partition coefficient (Wildman–Crippen LogP) is 10.7. The second kappa shape index (κ2) is 31.1. The van der Waals surface area contributed by atoms with Crippen LogP contribution < -0.4 is 15.9 Å². The highest BCUT2D eigenvalue weighted by Gasteiger charge is 2.47. The number of benzene rings is 4. The van der Waals surface area contributed by atoms with Gasteiger partial charge in [0.1, 0.15) is 0 Å². The van der Waals surface area contributed by atoms with E-state index in [1.165, 1.54) is 11.1 Å². The Morgan fingerprint density at radius 3 is 1.20 bits per heavy atom. The largest absolute Gasteiger partial charge is 0.446 e. The van der Waals surface area contributed by atoms with E-state index in [0.717, 1.165) is 75.9 Å². The fourth-order valence-electron chi connectivity index (χ4n) is 8.39. The smallest absolute Gasteiger partial charge is 0.282 e. The summed E-state index contributed by atoms with van der Waals surface area (Å²) in [6, 6.07) is 41.7. The van der Waals surface area contributed by atoms with Gasteiger partial charge in [0.25, 0.3) is 8.05 Å². The molecule has 1 aliphatic rings. The van der Waals surface area contributed by atoms with Gasteiger partial charge in [-0.3, -0.25) is 4.57 Å². The minimum Gasteiger partial charge on any atom is -0.446 e. The molecule has 1 fully saturated rings. The van der Waals surface area contributed by atoms with Crippen LogP contribution in [0.5, 0.6) is 0 Å². The summed E-state index contributed by atoms with van der Waals surface area (Å²) in [5.41, 5.74) is 3.61. The van der Waals surface area contributed by atoms with Crippen molar-refractivity contribution in [2.45, 2.75) is 125 Å². The minimum absolute atomic E-state index is 0.0157. The van der Waals surface area contributed by atoms with Crippen molar-refractivity contribution < 1.29 is 23.4 Å². The Balaban J connectivity index is 0.000000289. The molecule has 0 aliphatic carbocycles. The van der Waals surface area contributed by atoms with E-state index in [0.29, 0.717) is 57.0 Å². The van der Waals surface area contributed by atoms with Gasteiger partial charge in [0, 0.05) is 49.2 Å². The molecule has 11 heteroatoms. The summed E-state index contributed by atoms with van der Waals surface area (Å²) in [5, 5.41) is 8.25. The number of nitrogens with zero attached hydrogens (tertiary/aromatic N) is 2. The summed E-state index contributed by atoms with van der Waals surface area (Å²) in [7, 11) is 2.41. The molecule has 0 saturated carbocycles. The second-order valence-corrected chi connectivity index (χ2v) is 21.8. The van der Waals surface area contributed by atoms with Gasteiger partial charge in [0.15, 0.2) is 0 Å². The maximum absolute atomic E-state index is 15.4. The number of rotatable bonds is 28. The number of hydrogen-bond acceptors (Lipinski definition) is 7. The van der Waals surface area contributed by atoms with Crippen molar-refractivity contribution in [3.8, 4) is 0 Å². The highest BCUT2D eigenvalue weighted by molar-refractivity contribution is 7.67. The molecule has 0 aromatic heterocycles. The molecule has 0 spiro atoms. The molecule has 2 radical (unpaired) electrons. The molecule has 362 valence electrons. The summed E-state index contributed by atoms with van der Waals surface area (Å²) in [4.78, 5) is 0. The highest BCUT2D eigenvalue weighted by atomic mass is 31.2. The lowest BCUT2D eigenvalue weighted by atomic mass is 10.0. The summed E-state index contributed by atoms with van der Waals surface area (Å²) >= 11 is 0. The zero-order chi connectivity index (χ0) is 47.6. The molecule has 9 nitrogen and oxygen atoms in total. The van der Waals surface area contributed by atoms with Crippen molar-refractivity contribution in [2.75, 3.05) is 52.6 Å². The van der Waals surface area contributed by atoms with E-state index in [4.69, 9.17) is 26.9 Å². The van der Waals surface area contributed by atoms with Crippen molar-refractivity contribution in [1.29, 1.82) is 0 Å². The van der Waals surface area contributed by atoms with Crippen LogP contribution in [0.4, 0.5) is 0 Å². The van der Waals surface area contributed by atoms with Crippen molar-refractivity contribution >= 4 is 20.8 Å². The van der Waals surface area contributed by atoms with E-state index < -0.39 is 7.44 Å². The van der Waals surface area contributed by atoms with Crippen molar-refractivity contribution in [1.82, 2.24) is 20.0 Å². The van der Waals surface area contributed by atoms with E-state index in [1.807, 2.05) is 60.7 Å². The average molecular weight is 923 g/mol. The average Bonchev–Trinajstić information content (AvgIpc) is 3.49. The third-order valence-electron chi connectivity index (χ3n) is 12.6. The molecule has 66 heavy (non-hydrogen) atoms. The van der Waals surface area contributed by atoms with E-state index in [9.17, 15) is 0 Å². The van der Waals surface area contributed by atoms with Gasteiger partial charge in [-0.1, -0.05) is 165 Å². The van der Waals surface area contributed by atoms with Gasteiger partial charge in [-0.15, -0.1) is 0 Å². The van der Waals surface area contributed by atoms with Crippen molar-refractivity contribution in [2.24, 2.45) is 23.7 Å². The van der Waals surface area contributed by atoms with Crippen LogP contribution in [0.15, 0.2) is 121 Å². The first kappa shape index (κ1) is 55.5. The molecule has 1 heterocycles. The number of ether oxygens (including phenoxy) is 3. The van der Waals surface area contributed by atoms with E-state index >= 15 is 4.57 Å². The maximum atomic E-state index is 15.4. The molecule has 4 aromatic carbocycles. The lowest BCUT2D eigenvalue weighted by Gasteiger charge is -2.46. The SMILES string of the molecule is CC(C)[C@@H](COCc1ccccc1)NCCCCN[C@H](COCc1ccccc1)C(C)C.[B]OC[C@H](C(C)C)N1CCCCN([C@H](COCc2ccccc2)C(C)C)[P@]1(=O)c1ccccc1. The fourth-order valence-corrected chi connectivity index (χ4v) is 12.1. The van der Waals surface area contributed by atoms with Crippen LogP contribution in [0, 0.1) is 23.7 Å². The van der Waals surface area contributed by atoms with Crippen LogP contribution in [0.3, 0.4) is 0 Å². The Morgan fingerprint density at radius 2 is 0.848 bits per heavy atom. The zero-order valence-corrected chi connectivity index (χ0v) is 42.6. The monoisotopic (exact) mass is 923 g/mol. The quantitative estimate of drug-likeness (QED) is 0.0329. The second-order valence-electron chi connectivity index (χ2n) is 19.2. The first-order valence-corrected chi connectivity index (χ1v) is 26.4. The molecule has 5 rings (SSSR count). The van der Waals surface area contributed by atoms with Crippen molar-refractivity contribution in [3.05, 3.63) is 138 Å². The Labute approximate surface area is 402 Å². The molecular formula is C55H84BN4O5P. The Kier molecular flexibility index (Phi) is 26.1. The van der Waals surface area contributed by atoms with Gasteiger partial charge >= 0.3 is 0 Å². The van der Waals surface area contributed by atoms with E-state index in [1.54, 1.807) is 0 Å². The predicted molar refractivity (Wildman–Crippen MR) is 276 cm³/mol. The fraction of sp³-hybridized carbons (Fsp3) is 0.564. The summed E-state index contributed by atoms with van der Waals surface area (Å²) in [5.74, 6) is 1.62. The first-order chi connectivity index (χ1) is 31.9. The highest BCUT2D eigenvalue weighted by Crippen LogP contribution is 2.57. The molecule has 1 aliphatic heterocycles. The third kappa shape index (κ3) is 18.7. The standard InChI is InChI=1S/C28H44N2O2.C27H40BN2O3P/c1-23(2)27(21-31-19-25-13-7-5-8-14-25)29-17-11-12-18-30-28(24(3)4)22-32-20-26-15-9-6-10-16-26;1-22(2)26(20-32-19-24-13-7-5-8-14-24)29-17-11-12-18-30(27(21-33-28)23(3)4)34(29,31)25-15-9-6-10-16-25/h5-10,13-16,23-24,27-30H,11-12,17-22H2,1-4H3;5-10,13-16,22-23,26-27H,11-12,17-21H2,1-4H3/t27-,28-;26-,27-,34-/m11/s1. The molecule has 5 atom stereocenters. The summed E-state index contributed by atoms with van der Waals surface area (Å²) in [6.07, 6.45) is 4.29. The Morgan fingerprint density at radius 1 is 0.500 bits per heavy atom. The molecule has 2 N–H and O–H groups in total. The molecule has 0 bridgehead atoms. The van der Waals surface area contributed by atoms with Crippen LogP contribution in [0.25, 0.3) is 0 Å². The van der Waals surface area contributed by atoms with Crippen LogP contribution in [-0.4, -0.2) is 94.2 Å². The number of nitrogens with one attached hydrogen (secondary N) is 2. The van der Waals surface area contributed by atoms with E-state index in [2.05, 4.69) is 136 Å². The molecule has 0 amide bonds. The number of hydrogen-bond donors (Lipinski definition) is 2. The maximum Gasteiger partial charge on any atom is 0.282 e. The zero-order valence-electron chi connectivity index (χ0n) is 41.7. The Hall–Kier alpha value is -3.15. The van der Waals surface area contributed by atoms with Crippen LogP contribution in [-0.2, 0) is 43.3 Å². The van der Waals surface area contributed by atoms with Gasteiger partial charge in [0.2, 0.25) is 7.44 Å². The van der Waals surface area contributed by atoms with E-state index in [-0.39, 0.29) is 23.9 Å². The van der Waals surface area contributed by atoms with Crippen molar-refractivity contribution in [3.63, 3.8) is 0 Å². The molecular weight excluding hydrogens is 838 g/mol. The first-order valence-electron chi connectivity index (χ1n) is 24.8. The molecule has 0 unspecified atom stereocenters. The summed E-state index contributed by atoms with van der Waals surface area (Å²) in [6.45, 7) is 25.6. The van der Waals surface area contributed by atoms with Crippen LogP contribution in [0.2, 0.25) is 0 Å².